The Kier molecular flexibility index (Phi) is 9.30. The van der Waals surface area contributed by atoms with Gasteiger partial charge in [-0.15, -0.1) is 0 Å². The third kappa shape index (κ3) is 5.33. The molecule has 0 saturated carbocycles. The molecule has 1 heterocycles. The average molecular weight is 531 g/mol. The number of methoxy groups -OCH3 is 1. The number of hydrogen-bond donors (Lipinski definition) is 6. The number of nitrogens with two attached hydrogens (primary N) is 2. The van der Waals surface area contributed by atoms with Crippen LogP contribution in [0.3, 0.4) is 0 Å². The molecule has 2 aromatic carbocycles. The number of aliphatic hydroxyl groups excluding tert-OH is 2. The number of benzene rings is 2. The smallest absolute Gasteiger partial charge is 0.198 e. The Labute approximate surface area is 222 Å². The molecule has 10 heteroatoms. The number of aromatic hydroxyl groups is 2. The van der Waals surface area contributed by atoms with Crippen LogP contribution in [0.5, 0.6) is 11.5 Å². The van der Waals surface area contributed by atoms with Crippen LogP contribution in [-0.4, -0.2) is 75.8 Å². The lowest BCUT2D eigenvalue weighted by atomic mass is 9.72. The first kappa shape index (κ1) is 29.7. The molecule has 0 radical (unpaired) electrons. The molecule has 1 fully saturated rings. The monoisotopic (exact) mass is 530 g/mol. The van der Waals surface area contributed by atoms with Gasteiger partial charge in [0.15, 0.2) is 17.9 Å². The second-order valence-corrected chi connectivity index (χ2v) is 9.66. The highest BCUT2D eigenvalue weighted by Crippen LogP contribution is 2.47. The van der Waals surface area contributed by atoms with Crippen molar-refractivity contribution in [3.63, 3.8) is 0 Å². The molecule has 1 aliphatic heterocycles. The maximum Gasteiger partial charge on any atom is 0.198 e. The van der Waals surface area contributed by atoms with Crippen molar-refractivity contribution in [2.24, 2.45) is 11.5 Å². The summed E-state index contributed by atoms with van der Waals surface area (Å²) in [5, 5.41) is 40.5. The number of ketones is 2. The van der Waals surface area contributed by atoms with Crippen molar-refractivity contribution in [3.05, 3.63) is 57.6 Å². The van der Waals surface area contributed by atoms with Gasteiger partial charge in [-0.3, -0.25) is 9.59 Å². The number of ether oxygens (including phenoxy) is 2. The van der Waals surface area contributed by atoms with Crippen LogP contribution in [-0.2, 0) is 22.3 Å². The van der Waals surface area contributed by atoms with Crippen LogP contribution in [0.2, 0.25) is 0 Å². The normalized spacial score (nSPS) is 26.5. The minimum atomic E-state index is -0.967. The van der Waals surface area contributed by atoms with Gasteiger partial charge >= 0.3 is 0 Å². The molecule has 0 spiro atoms. The van der Waals surface area contributed by atoms with Gasteiger partial charge in [0.05, 0.1) is 29.9 Å². The van der Waals surface area contributed by atoms with Crippen LogP contribution < -0.4 is 11.5 Å². The second kappa shape index (κ2) is 11.9. The molecule has 2 aliphatic carbocycles. The quantitative estimate of drug-likeness (QED) is 0.265. The number of phenols is 2. The Morgan fingerprint density at radius 2 is 1.58 bits per heavy atom. The van der Waals surface area contributed by atoms with E-state index >= 15 is 0 Å². The summed E-state index contributed by atoms with van der Waals surface area (Å²) in [6.07, 6.45) is -0.348. The van der Waals surface area contributed by atoms with Crippen LogP contribution in [0, 0.1) is 0 Å². The molecule has 0 bridgehead atoms. The third-order valence-corrected chi connectivity index (χ3v) is 7.42. The van der Waals surface area contributed by atoms with E-state index in [0.717, 1.165) is 0 Å². The number of aliphatic hydroxyl groups is 2. The van der Waals surface area contributed by atoms with Gasteiger partial charge in [-0.25, -0.2) is 0 Å². The van der Waals surface area contributed by atoms with Gasteiger partial charge < -0.3 is 41.4 Å². The molecule has 2 unspecified atom stereocenters. The van der Waals surface area contributed by atoms with E-state index in [-0.39, 0.29) is 52.3 Å². The van der Waals surface area contributed by atoms with E-state index in [4.69, 9.17) is 26.0 Å². The van der Waals surface area contributed by atoms with E-state index in [0.29, 0.717) is 37.0 Å². The van der Waals surface area contributed by atoms with Gasteiger partial charge in [-0.2, -0.15) is 0 Å². The average Bonchev–Trinajstić information content (AvgIpc) is 2.91. The molecule has 10 nitrogen and oxygen atoms in total. The van der Waals surface area contributed by atoms with Crippen molar-refractivity contribution < 1.29 is 39.5 Å². The topological polar surface area (TPSA) is 186 Å². The standard InChI is InChI=1S/C20H19NO5.C6H13NO3.C2H6/c1-9(22)20(21)7-6-12-13(8-20)19(26)15-14(18(12)25)16(23)10-4-2-3-5-11(10)17(15)24;1-9-5-3-10-6(8)2-4(5)7;1-2/h2-5,9,22,25-26H,6-8,21H2,1H3;4-6,8H,2-3,7H2,1H3;1-2H3/t9?,20-;4-,5+,6?;/m10./s1. The molecular weight excluding hydrogens is 492 g/mol. The van der Waals surface area contributed by atoms with Gasteiger partial charge in [0, 0.05) is 47.4 Å². The number of phenolic OH excluding ortho intramolecular Hbond substituents is 2. The van der Waals surface area contributed by atoms with Crippen molar-refractivity contribution in [2.75, 3.05) is 13.7 Å². The first-order valence-corrected chi connectivity index (χ1v) is 12.8. The molecule has 0 amide bonds. The molecule has 208 valence electrons. The van der Waals surface area contributed by atoms with E-state index in [9.17, 15) is 24.9 Å². The van der Waals surface area contributed by atoms with Gasteiger partial charge in [-0.05, 0) is 26.2 Å². The Morgan fingerprint density at radius 3 is 2.05 bits per heavy atom. The molecule has 5 atom stereocenters. The fourth-order valence-corrected chi connectivity index (χ4v) is 5.03. The highest BCUT2D eigenvalue weighted by molar-refractivity contribution is 6.30. The molecule has 3 aliphatic rings. The predicted molar refractivity (Wildman–Crippen MR) is 140 cm³/mol. The van der Waals surface area contributed by atoms with Crippen molar-refractivity contribution >= 4 is 11.6 Å². The lowest BCUT2D eigenvalue weighted by Gasteiger charge is -2.38. The van der Waals surface area contributed by atoms with Crippen molar-refractivity contribution in [1.29, 1.82) is 0 Å². The molecule has 8 N–H and O–H groups in total. The van der Waals surface area contributed by atoms with Crippen LogP contribution in [0.1, 0.15) is 76.6 Å². The van der Waals surface area contributed by atoms with Crippen molar-refractivity contribution in [1.82, 2.24) is 0 Å². The zero-order valence-electron chi connectivity index (χ0n) is 22.2. The summed E-state index contributed by atoms with van der Waals surface area (Å²) in [5.41, 5.74) is 11.7. The molecule has 1 saturated heterocycles. The number of carbonyl (C=O) groups excluding carboxylic acids is 2. The third-order valence-electron chi connectivity index (χ3n) is 7.42. The van der Waals surface area contributed by atoms with Crippen molar-refractivity contribution in [2.45, 2.75) is 76.5 Å². The Hall–Kier alpha value is -2.86. The Balaban J connectivity index is 0.000000280. The second-order valence-electron chi connectivity index (χ2n) is 9.66. The van der Waals surface area contributed by atoms with Crippen molar-refractivity contribution in [3.8, 4) is 11.5 Å². The van der Waals surface area contributed by atoms with Crippen LogP contribution in [0.15, 0.2) is 24.3 Å². The molecule has 2 aromatic rings. The summed E-state index contributed by atoms with van der Waals surface area (Å²) >= 11 is 0. The van der Waals surface area contributed by atoms with E-state index < -0.39 is 29.5 Å². The Morgan fingerprint density at radius 1 is 1.05 bits per heavy atom. The first-order valence-electron chi connectivity index (χ1n) is 12.8. The molecule has 0 aromatic heterocycles. The lowest BCUT2D eigenvalue weighted by Crippen LogP contribution is -2.53. The Bertz CT molecular complexity index is 1200. The van der Waals surface area contributed by atoms with E-state index in [1.54, 1.807) is 26.2 Å². The summed E-state index contributed by atoms with van der Waals surface area (Å²) in [4.78, 5) is 25.8. The fraction of sp³-hybridized carbons (Fsp3) is 0.500. The number of carbonyl (C=O) groups is 2. The number of hydrogen-bond acceptors (Lipinski definition) is 10. The van der Waals surface area contributed by atoms with Gasteiger partial charge in [0.1, 0.15) is 11.5 Å². The highest BCUT2D eigenvalue weighted by Gasteiger charge is 2.42. The number of fused-ring (bicyclic) bond motifs is 3. The predicted octanol–water partition coefficient (Wildman–Crippen LogP) is 1.53. The van der Waals surface area contributed by atoms with Crippen LogP contribution >= 0.6 is 0 Å². The maximum atomic E-state index is 12.9. The van der Waals surface area contributed by atoms with Gasteiger partial charge in [0.2, 0.25) is 0 Å². The minimum Gasteiger partial charge on any atom is -0.507 e. The van der Waals surface area contributed by atoms with E-state index in [1.807, 2.05) is 13.8 Å². The fourth-order valence-electron chi connectivity index (χ4n) is 5.03. The zero-order valence-corrected chi connectivity index (χ0v) is 22.2. The zero-order chi connectivity index (χ0) is 28.4. The van der Waals surface area contributed by atoms with Crippen LogP contribution in [0.25, 0.3) is 0 Å². The largest absolute Gasteiger partial charge is 0.507 e. The molecular formula is C28H38N2O8. The highest BCUT2D eigenvalue weighted by atomic mass is 16.6. The first-order chi connectivity index (χ1) is 18.0. The maximum absolute atomic E-state index is 12.9. The van der Waals surface area contributed by atoms with E-state index in [2.05, 4.69) is 0 Å². The van der Waals surface area contributed by atoms with E-state index in [1.165, 1.54) is 12.1 Å². The number of rotatable bonds is 2. The lowest BCUT2D eigenvalue weighted by molar-refractivity contribution is -0.168. The SMILES string of the molecule is CC.CC(O)[C@@]1(N)CCc2c(O)c3c(c(O)c2C1)C(=O)c1ccccc1C3=O.CO[C@@H]1COC(O)C[C@@H]1N. The molecule has 5 rings (SSSR count). The summed E-state index contributed by atoms with van der Waals surface area (Å²) in [6.45, 7) is 5.96. The molecule has 38 heavy (non-hydrogen) atoms. The van der Waals surface area contributed by atoms with Gasteiger partial charge in [-0.1, -0.05) is 38.1 Å². The summed E-state index contributed by atoms with van der Waals surface area (Å²) in [6, 6.07) is 6.25. The minimum absolute atomic E-state index is 0.0663. The summed E-state index contributed by atoms with van der Waals surface area (Å²) in [5.74, 6) is -1.58. The summed E-state index contributed by atoms with van der Waals surface area (Å²) in [7, 11) is 1.59. The van der Waals surface area contributed by atoms with Crippen LogP contribution in [0.4, 0.5) is 0 Å². The summed E-state index contributed by atoms with van der Waals surface area (Å²) < 4.78 is 9.89. The van der Waals surface area contributed by atoms with Gasteiger partial charge in [0.25, 0.3) is 0 Å².